The van der Waals surface area contributed by atoms with Crippen molar-refractivity contribution in [2.24, 2.45) is 5.92 Å². The molecule has 39 heavy (non-hydrogen) atoms. The zero-order valence-electron chi connectivity index (χ0n) is 21.7. The number of amides is 1. The van der Waals surface area contributed by atoms with Crippen molar-refractivity contribution in [2.75, 3.05) is 26.2 Å². The molecule has 1 saturated carbocycles. The highest BCUT2D eigenvalue weighted by atomic mass is 35.5. The third kappa shape index (κ3) is 6.32. The molecule has 2 heterocycles. The molecule has 2 aromatic carbocycles. The molecule has 0 spiro atoms. The van der Waals surface area contributed by atoms with Gasteiger partial charge in [-0.2, -0.15) is 0 Å². The van der Waals surface area contributed by atoms with Crippen molar-refractivity contribution in [2.45, 2.75) is 62.4 Å². The van der Waals surface area contributed by atoms with Crippen LogP contribution in [0.25, 0.3) is 0 Å². The van der Waals surface area contributed by atoms with Gasteiger partial charge in [-0.25, -0.2) is 9.18 Å². The SMILES string of the molecule is C[C@@H](c1ccc(Cl)c(Cl)c1)N1CCC(COc2cc(F)c(C(=O)N3C[C@H](Cl)C[C@H]3C(=O)O)cc2C2CC2)CC1. The van der Waals surface area contributed by atoms with Crippen LogP contribution < -0.4 is 4.74 Å². The van der Waals surface area contributed by atoms with E-state index >= 15 is 4.39 Å². The highest BCUT2D eigenvalue weighted by Gasteiger charge is 2.40. The highest BCUT2D eigenvalue weighted by molar-refractivity contribution is 6.42. The number of carboxylic acids is 1. The van der Waals surface area contributed by atoms with Crippen molar-refractivity contribution in [1.29, 1.82) is 0 Å². The monoisotopic (exact) mass is 596 g/mol. The van der Waals surface area contributed by atoms with Crippen LogP contribution in [0.5, 0.6) is 5.75 Å². The van der Waals surface area contributed by atoms with Crippen LogP contribution in [-0.2, 0) is 4.79 Å². The van der Waals surface area contributed by atoms with Gasteiger partial charge in [0.1, 0.15) is 17.6 Å². The maximum absolute atomic E-state index is 15.2. The molecule has 2 saturated heterocycles. The number of rotatable bonds is 8. The first-order chi connectivity index (χ1) is 18.6. The lowest BCUT2D eigenvalue weighted by atomic mass is 9.95. The molecule has 3 fully saturated rings. The quantitative estimate of drug-likeness (QED) is 0.340. The van der Waals surface area contributed by atoms with E-state index in [-0.39, 0.29) is 30.5 Å². The minimum Gasteiger partial charge on any atom is -0.493 e. The minimum absolute atomic E-state index is 0.0795. The fourth-order valence-electron chi connectivity index (χ4n) is 5.67. The van der Waals surface area contributed by atoms with Gasteiger partial charge in [-0.3, -0.25) is 9.69 Å². The lowest BCUT2D eigenvalue weighted by Crippen LogP contribution is -2.41. The van der Waals surface area contributed by atoms with Gasteiger partial charge < -0.3 is 14.7 Å². The second kappa shape index (κ2) is 11.8. The number of carbonyl (C=O) groups excluding carboxylic acids is 1. The van der Waals surface area contributed by atoms with Gasteiger partial charge in [0.05, 0.1) is 27.6 Å². The first-order valence-electron chi connectivity index (χ1n) is 13.5. The number of hydrogen-bond donors (Lipinski definition) is 1. The lowest BCUT2D eigenvalue weighted by molar-refractivity contribution is -0.141. The van der Waals surface area contributed by atoms with Crippen molar-refractivity contribution >= 4 is 46.7 Å². The van der Waals surface area contributed by atoms with Gasteiger partial charge >= 0.3 is 5.97 Å². The molecule has 3 aliphatic rings. The van der Waals surface area contributed by atoms with Crippen LogP contribution in [0.1, 0.15) is 72.5 Å². The summed E-state index contributed by atoms with van der Waals surface area (Å²) in [4.78, 5) is 28.4. The van der Waals surface area contributed by atoms with Gasteiger partial charge in [-0.05, 0) is 93.3 Å². The summed E-state index contributed by atoms with van der Waals surface area (Å²) < 4.78 is 21.4. The number of benzene rings is 2. The Balaban J connectivity index is 1.22. The maximum atomic E-state index is 15.2. The second-order valence-electron chi connectivity index (χ2n) is 10.9. The van der Waals surface area contributed by atoms with E-state index in [0.717, 1.165) is 49.9 Å². The molecule has 2 aromatic rings. The summed E-state index contributed by atoms with van der Waals surface area (Å²) in [6.45, 7) is 4.54. The van der Waals surface area contributed by atoms with E-state index in [9.17, 15) is 14.7 Å². The first kappa shape index (κ1) is 28.5. The third-order valence-electron chi connectivity index (χ3n) is 8.24. The zero-order chi connectivity index (χ0) is 27.8. The fraction of sp³-hybridized carbons (Fsp3) is 0.517. The molecule has 0 bridgehead atoms. The molecule has 6 nitrogen and oxygen atoms in total. The number of piperidine rings is 1. The number of carboxylic acid groups (broad SMARTS) is 1. The Morgan fingerprint density at radius 2 is 1.82 bits per heavy atom. The molecule has 0 unspecified atom stereocenters. The van der Waals surface area contributed by atoms with E-state index in [2.05, 4.69) is 11.8 Å². The minimum atomic E-state index is -1.13. The van der Waals surface area contributed by atoms with E-state index in [4.69, 9.17) is 39.5 Å². The van der Waals surface area contributed by atoms with Crippen LogP contribution in [0, 0.1) is 11.7 Å². The van der Waals surface area contributed by atoms with Gasteiger partial charge in [0, 0.05) is 18.7 Å². The smallest absolute Gasteiger partial charge is 0.326 e. The molecule has 0 radical (unpaired) electrons. The summed E-state index contributed by atoms with van der Waals surface area (Å²) >= 11 is 18.4. The summed E-state index contributed by atoms with van der Waals surface area (Å²) in [6, 6.07) is 7.79. The molecule has 1 amide bonds. The summed E-state index contributed by atoms with van der Waals surface area (Å²) in [5.41, 5.74) is 1.83. The number of aliphatic carboxylic acids is 1. The van der Waals surface area contributed by atoms with Crippen LogP contribution in [0.3, 0.4) is 0 Å². The zero-order valence-corrected chi connectivity index (χ0v) is 24.0. The van der Waals surface area contributed by atoms with Crippen LogP contribution in [-0.4, -0.2) is 64.4 Å². The number of halogens is 4. The van der Waals surface area contributed by atoms with Gasteiger partial charge in [0.25, 0.3) is 5.91 Å². The molecule has 2 aliphatic heterocycles. The van der Waals surface area contributed by atoms with Crippen LogP contribution in [0.15, 0.2) is 30.3 Å². The molecular formula is C29H32Cl3FN2O4. The number of likely N-dealkylation sites (tertiary alicyclic amines) is 2. The Labute approximate surface area is 243 Å². The lowest BCUT2D eigenvalue weighted by Gasteiger charge is -2.36. The van der Waals surface area contributed by atoms with E-state index in [1.54, 1.807) is 6.07 Å². The van der Waals surface area contributed by atoms with Crippen LogP contribution in [0.4, 0.5) is 4.39 Å². The molecule has 210 valence electrons. The number of hydrogen-bond acceptors (Lipinski definition) is 4. The molecule has 1 aliphatic carbocycles. The Morgan fingerprint density at radius 1 is 1.10 bits per heavy atom. The normalized spacial score (nSPS) is 23.2. The van der Waals surface area contributed by atoms with Crippen molar-refractivity contribution in [1.82, 2.24) is 9.80 Å². The summed E-state index contributed by atoms with van der Waals surface area (Å²) in [5, 5.41) is 10.1. The largest absolute Gasteiger partial charge is 0.493 e. The molecule has 5 rings (SSSR count). The molecule has 10 heteroatoms. The van der Waals surface area contributed by atoms with E-state index in [1.807, 2.05) is 18.2 Å². The molecule has 0 aromatic heterocycles. The van der Waals surface area contributed by atoms with Crippen LogP contribution in [0.2, 0.25) is 10.0 Å². The maximum Gasteiger partial charge on any atom is 0.326 e. The van der Waals surface area contributed by atoms with E-state index in [0.29, 0.717) is 28.3 Å². The predicted molar refractivity (Wildman–Crippen MR) is 150 cm³/mol. The first-order valence-corrected chi connectivity index (χ1v) is 14.6. The fourth-order valence-corrected chi connectivity index (χ4v) is 6.29. The summed E-state index contributed by atoms with van der Waals surface area (Å²) in [7, 11) is 0. The van der Waals surface area contributed by atoms with Gasteiger partial charge in [-0.1, -0.05) is 29.3 Å². The van der Waals surface area contributed by atoms with Gasteiger partial charge in [0.2, 0.25) is 0 Å². The van der Waals surface area contributed by atoms with E-state index < -0.39 is 29.1 Å². The van der Waals surface area contributed by atoms with Crippen molar-refractivity contribution in [3.8, 4) is 5.75 Å². The van der Waals surface area contributed by atoms with Gasteiger partial charge in [-0.15, -0.1) is 11.6 Å². The van der Waals surface area contributed by atoms with Gasteiger partial charge in [0.15, 0.2) is 0 Å². The van der Waals surface area contributed by atoms with Crippen molar-refractivity contribution < 1.29 is 23.8 Å². The molecule has 1 N–H and O–H groups in total. The Kier molecular flexibility index (Phi) is 8.62. The Morgan fingerprint density at radius 3 is 2.46 bits per heavy atom. The second-order valence-corrected chi connectivity index (χ2v) is 12.4. The predicted octanol–water partition coefficient (Wildman–Crippen LogP) is 6.77. The number of nitrogens with zero attached hydrogens (tertiary/aromatic N) is 2. The van der Waals surface area contributed by atoms with E-state index in [1.165, 1.54) is 11.0 Å². The average molecular weight is 598 g/mol. The van der Waals surface area contributed by atoms with Crippen molar-refractivity contribution in [3.63, 3.8) is 0 Å². The number of alkyl halides is 1. The summed E-state index contributed by atoms with van der Waals surface area (Å²) in [5.74, 6) is -1.45. The summed E-state index contributed by atoms with van der Waals surface area (Å²) in [6.07, 6.45) is 3.95. The Hall–Kier alpha value is -2.06. The average Bonchev–Trinajstić information content (AvgIpc) is 3.68. The topological polar surface area (TPSA) is 70.1 Å². The molecule has 3 atom stereocenters. The number of ether oxygens (including phenoxy) is 1. The standard InChI is InChI=1S/C29H32Cl3FN2O4/c1-16(19-4-5-23(31)24(32)10-19)34-8-6-17(7-9-34)15-39-27-13-25(33)22(12-21(27)18-2-3-18)28(36)35-14-20(30)11-26(35)29(37)38/h4-5,10,12-13,16-18,20,26H,2-3,6-9,11,14-15H2,1H3,(H,37,38)/t16-,20+,26-/m0/s1. The van der Waals surface area contributed by atoms with Crippen LogP contribution >= 0.6 is 34.8 Å². The number of carbonyl (C=O) groups is 2. The van der Waals surface area contributed by atoms with Crippen molar-refractivity contribution in [3.05, 3.63) is 62.9 Å². The third-order valence-corrected chi connectivity index (χ3v) is 9.30. The highest BCUT2D eigenvalue weighted by Crippen LogP contribution is 2.45. The molecular weight excluding hydrogens is 566 g/mol. The Bertz CT molecular complexity index is 1250.